The Bertz CT molecular complexity index is 3160. The summed E-state index contributed by atoms with van der Waals surface area (Å²) >= 11 is 0. The van der Waals surface area contributed by atoms with E-state index in [1.807, 2.05) is 61.5 Å². The molecule has 0 spiro atoms. The van der Waals surface area contributed by atoms with Crippen LogP contribution >= 0.6 is 0 Å². The third-order valence-electron chi connectivity index (χ3n) is 11.0. The van der Waals surface area contributed by atoms with Crippen molar-refractivity contribution in [1.82, 2.24) is 4.57 Å². The number of hydrogen-bond donors (Lipinski definition) is 1. The van der Waals surface area contributed by atoms with Crippen molar-refractivity contribution in [2.24, 2.45) is 15.7 Å². The van der Waals surface area contributed by atoms with Crippen LogP contribution in [-0.2, 0) is 6.54 Å². The minimum Gasteiger partial charge on any atom is -0.456 e. The molecule has 2 N–H and O–H groups in total. The van der Waals surface area contributed by atoms with Crippen LogP contribution in [0.3, 0.4) is 0 Å². The fraction of sp³-hybridized carbons (Fsp3) is 0.0435. The third kappa shape index (κ3) is 6.92. The van der Waals surface area contributed by atoms with E-state index in [1.165, 1.54) is 0 Å². The van der Waals surface area contributed by atoms with Crippen molar-refractivity contribution >= 4 is 190 Å². The van der Waals surface area contributed by atoms with Crippen LogP contribution < -0.4 is 60.4 Å². The summed E-state index contributed by atoms with van der Waals surface area (Å²) in [5.41, 5.74) is 14.9. The predicted molar refractivity (Wildman–Crippen MR) is 269 cm³/mol. The van der Waals surface area contributed by atoms with Gasteiger partial charge in [-0.2, -0.15) is 0 Å². The quantitative estimate of drug-likeness (QED) is 0.125. The second-order valence-corrected chi connectivity index (χ2v) is 14.5. The van der Waals surface area contributed by atoms with Gasteiger partial charge >= 0.3 is 0 Å². The number of benzene rings is 6. The highest BCUT2D eigenvalue weighted by molar-refractivity contribution is 6.70. The van der Waals surface area contributed by atoms with E-state index >= 15 is 0 Å². The Morgan fingerprint density at radius 3 is 1.90 bits per heavy atom. The summed E-state index contributed by atoms with van der Waals surface area (Å²) in [6.07, 6.45) is 6.05. The Labute approximate surface area is 368 Å². The standard InChI is InChI=1S/C46H26B10N4O/c1-3-10-28-24(4-2)26-15-9-14-25(44(26)60(28)23-12-6-5-7-13-23)21-17-18-29-27(19-21)31-22(11-8-16-30(31)61-29)20-58-46(33-36(49)40(53)43(56)41(54)37(33)50)59-45(57)32-34(47)38(51)42(55)39(52)35(32)48/h3-19H,2,20H2,1H3,(H2,57,58,59)/b10-3-. The van der Waals surface area contributed by atoms with E-state index in [2.05, 4.69) is 64.7 Å². The van der Waals surface area contributed by atoms with Crippen LogP contribution in [0.2, 0.25) is 0 Å². The highest BCUT2D eigenvalue weighted by atomic mass is 16.3. The Morgan fingerprint density at radius 1 is 0.672 bits per heavy atom. The molecule has 0 fully saturated rings. The number of rotatable bonds is 8. The van der Waals surface area contributed by atoms with Crippen LogP contribution in [0.5, 0.6) is 0 Å². The lowest BCUT2D eigenvalue weighted by Crippen LogP contribution is -2.58. The second kappa shape index (κ2) is 16.4. The van der Waals surface area contributed by atoms with E-state index in [1.54, 1.807) is 0 Å². The molecule has 20 radical (unpaired) electrons. The van der Waals surface area contributed by atoms with Crippen LogP contribution in [0.1, 0.15) is 34.9 Å². The number of nitrogens with zero attached hydrogens (tertiary/aromatic N) is 3. The van der Waals surface area contributed by atoms with Crippen molar-refractivity contribution in [2.45, 2.75) is 13.5 Å². The number of allylic oxidation sites excluding steroid dienone is 1. The Balaban J connectivity index is 1.34. The van der Waals surface area contributed by atoms with Gasteiger partial charge in [-0.15, -0.1) is 32.8 Å². The number of aromatic nitrogens is 1. The molecule has 266 valence electrons. The van der Waals surface area contributed by atoms with Gasteiger partial charge < -0.3 is 14.7 Å². The first-order chi connectivity index (χ1) is 29.3. The molecule has 5 nitrogen and oxygen atoms in total. The number of amidine groups is 2. The zero-order valence-corrected chi connectivity index (χ0v) is 33.3. The van der Waals surface area contributed by atoms with Crippen molar-refractivity contribution in [3.8, 4) is 16.8 Å². The van der Waals surface area contributed by atoms with Gasteiger partial charge in [0.25, 0.3) is 0 Å². The maximum atomic E-state index is 6.60. The van der Waals surface area contributed by atoms with Gasteiger partial charge in [0.15, 0.2) is 5.84 Å². The lowest BCUT2D eigenvalue weighted by Gasteiger charge is -2.22. The van der Waals surface area contributed by atoms with E-state index in [0.717, 1.165) is 55.3 Å². The molecule has 61 heavy (non-hydrogen) atoms. The van der Waals surface area contributed by atoms with Gasteiger partial charge in [-0.1, -0.05) is 95.2 Å². The molecule has 0 aliphatic rings. The largest absolute Gasteiger partial charge is 0.456 e. The first-order valence-electron chi connectivity index (χ1n) is 19.1. The minimum atomic E-state index is -0.205. The smallest absolute Gasteiger partial charge is 0.156 e. The topological polar surface area (TPSA) is 68.8 Å². The second-order valence-electron chi connectivity index (χ2n) is 14.5. The summed E-state index contributed by atoms with van der Waals surface area (Å²) in [6.45, 7) is 6.23. The van der Waals surface area contributed by atoms with Crippen molar-refractivity contribution in [1.29, 1.82) is 0 Å². The molecule has 0 amide bonds. The molecular weight excluding hydrogens is 733 g/mol. The van der Waals surface area contributed by atoms with E-state index in [4.69, 9.17) is 93.6 Å². The highest BCUT2D eigenvalue weighted by Crippen LogP contribution is 2.40. The average molecular weight is 759 g/mol. The van der Waals surface area contributed by atoms with Gasteiger partial charge in [0.1, 0.15) is 95.5 Å². The highest BCUT2D eigenvalue weighted by Gasteiger charge is 2.22. The predicted octanol–water partition coefficient (Wildman–Crippen LogP) is -0.837. The van der Waals surface area contributed by atoms with Crippen LogP contribution in [-0.4, -0.2) is 94.7 Å². The molecule has 0 aliphatic carbocycles. The zero-order valence-electron chi connectivity index (χ0n) is 33.3. The van der Waals surface area contributed by atoms with Gasteiger partial charge in [-0.05, 0) is 54.5 Å². The Hall–Kier alpha value is -6.07. The molecule has 8 rings (SSSR count). The van der Waals surface area contributed by atoms with Gasteiger partial charge in [0.2, 0.25) is 0 Å². The van der Waals surface area contributed by atoms with Crippen LogP contribution in [0.4, 0.5) is 0 Å². The van der Waals surface area contributed by atoms with Gasteiger partial charge in [0.05, 0.1) is 17.8 Å². The van der Waals surface area contributed by atoms with Crippen LogP contribution in [0.25, 0.3) is 61.8 Å². The number of hydrogen-bond acceptors (Lipinski definition) is 2. The van der Waals surface area contributed by atoms with Crippen LogP contribution in [0, 0.1) is 0 Å². The lowest BCUT2D eigenvalue weighted by molar-refractivity contribution is 0.668. The van der Waals surface area contributed by atoms with E-state index in [9.17, 15) is 0 Å². The van der Waals surface area contributed by atoms with Crippen molar-refractivity contribution in [3.05, 3.63) is 126 Å². The maximum absolute atomic E-state index is 6.60. The van der Waals surface area contributed by atoms with Crippen molar-refractivity contribution in [3.63, 3.8) is 0 Å². The Morgan fingerprint density at radius 2 is 1.28 bits per heavy atom. The summed E-state index contributed by atoms with van der Waals surface area (Å²) in [4.78, 5) is 9.59. The lowest BCUT2D eigenvalue weighted by atomic mass is 9.60. The maximum Gasteiger partial charge on any atom is 0.156 e. The fourth-order valence-corrected chi connectivity index (χ4v) is 7.91. The van der Waals surface area contributed by atoms with E-state index in [-0.39, 0.29) is 84.0 Å². The zero-order chi connectivity index (χ0) is 43.4. The minimum absolute atomic E-state index is 0.00916. The molecule has 2 aromatic heterocycles. The number of fused-ring (bicyclic) bond motifs is 4. The fourth-order valence-electron chi connectivity index (χ4n) is 7.91. The first kappa shape index (κ1) is 41.7. The summed E-state index contributed by atoms with van der Waals surface area (Å²) in [5.74, 6) is -0.254. The molecule has 15 heteroatoms. The number of aliphatic imine (C=N–C) groups is 2. The Kier molecular flexibility index (Phi) is 11.2. The molecule has 0 saturated carbocycles. The average Bonchev–Trinajstić information content (AvgIpc) is 3.81. The molecule has 0 unspecified atom stereocenters. The third-order valence-corrected chi connectivity index (χ3v) is 11.0. The first-order valence-corrected chi connectivity index (χ1v) is 19.1. The normalized spacial score (nSPS) is 12.3. The molecule has 2 heterocycles. The van der Waals surface area contributed by atoms with Crippen molar-refractivity contribution in [2.75, 3.05) is 0 Å². The number of nitrogens with two attached hydrogens (primary N) is 1. The molecule has 0 bridgehead atoms. The molecule has 6 aromatic carbocycles. The SMILES string of the molecule is [B]c1c([B])c([B])c(C(N)=NC(=NCc2cccc3oc4ccc(-c5cccc6c(C=C)c(/C=C\C)n(-c7ccccc7)c56)cc4c23)c2c([B])c([B])c([B])c([B])c2[B])c([B])c1[B]. The summed E-state index contributed by atoms with van der Waals surface area (Å²) < 4.78 is 8.69. The van der Waals surface area contributed by atoms with Crippen molar-refractivity contribution < 1.29 is 4.42 Å². The molecule has 0 atom stereocenters. The summed E-state index contributed by atoms with van der Waals surface area (Å²) in [7, 11) is 62.9. The monoisotopic (exact) mass is 760 g/mol. The number of furan rings is 1. The van der Waals surface area contributed by atoms with Gasteiger partial charge in [-0.3, -0.25) is 4.99 Å². The van der Waals surface area contributed by atoms with Crippen LogP contribution in [0.15, 0.2) is 112 Å². The summed E-state index contributed by atoms with van der Waals surface area (Å²) in [6, 6.07) is 28.5. The van der Waals surface area contributed by atoms with E-state index < -0.39 is 0 Å². The van der Waals surface area contributed by atoms with Gasteiger partial charge in [0, 0.05) is 44.1 Å². The molecular formula is C46H26B10N4O. The van der Waals surface area contributed by atoms with E-state index in [0.29, 0.717) is 11.2 Å². The number of para-hydroxylation sites is 2. The summed E-state index contributed by atoms with van der Waals surface area (Å²) in [5, 5.41) is 2.76. The molecule has 8 aromatic rings. The molecule has 0 aliphatic heterocycles. The molecule has 0 saturated heterocycles. The van der Waals surface area contributed by atoms with Gasteiger partial charge in [-0.25, -0.2) is 4.99 Å².